The van der Waals surface area contributed by atoms with Crippen LogP contribution in [0.5, 0.6) is 0 Å². The molecule has 1 heterocycles. The number of benzene rings is 2. The molecule has 2 aromatic rings. The summed E-state index contributed by atoms with van der Waals surface area (Å²) in [6.45, 7) is 1.73. The van der Waals surface area contributed by atoms with Crippen LogP contribution in [0.3, 0.4) is 0 Å². The van der Waals surface area contributed by atoms with Crippen LogP contribution in [0.1, 0.15) is 18.1 Å². The first-order valence-corrected chi connectivity index (χ1v) is 7.12. The highest BCUT2D eigenvalue weighted by molar-refractivity contribution is 9.10. The smallest absolute Gasteiger partial charge is 0.267 e. The summed E-state index contributed by atoms with van der Waals surface area (Å²) < 4.78 is 0.958. The van der Waals surface area contributed by atoms with Gasteiger partial charge in [-0.05, 0) is 19.1 Å². The zero-order valence-corrected chi connectivity index (χ0v) is 12.5. The van der Waals surface area contributed by atoms with Gasteiger partial charge in [0.15, 0.2) is 5.66 Å². The van der Waals surface area contributed by atoms with E-state index in [1.807, 2.05) is 54.6 Å². The lowest BCUT2D eigenvalue weighted by Crippen LogP contribution is -2.40. The summed E-state index contributed by atoms with van der Waals surface area (Å²) in [7, 11) is 0. The van der Waals surface area contributed by atoms with E-state index in [9.17, 15) is 4.79 Å². The highest BCUT2D eigenvalue weighted by Crippen LogP contribution is 2.35. The second-order valence-electron chi connectivity index (χ2n) is 4.74. The Morgan fingerprint density at radius 1 is 1.05 bits per heavy atom. The Balaban J connectivity index is 2.23. The van der Waals surface area contributed by atoms with Gasteiger partial charge in [-0.15, -0.1) is 0 Å². The molecular formula is C16H13BrN2O. The lowest BCUT2D eigenvalue weighted by molar-refractivity contribution is -0.115. The summed E-state index contributed by atoms with van der Waals surface area (Å²) in [4.78, 5) is 16.6. The molecule has 0 aliphatic carbocycles. The lowest BCUT2D eigenvalue weighted by atomic mass is 9.92. The number of carbonyl (C=O) groups excluding carboxylic acids is 1. The fourth-order valence-corrected chi connectivity index (χ4v) is 2.82. The summed E-state index contributed by atoms with van der Waals surface area (Å²) in [5.74, 6) is -0.131. The maximum atomic E-state index is 12.0. The van der Waals surface area contributed by atoms with Crippen molar-refractivity contribution in [2.45, 2.75) is 12.6 Å². The minimum Gasteiger partial charge on any atom is -0.319 e. The third-order valence-corrected chi connectivity index (χ3v) is 3.89. The molecule has 0 saturated heterocycles. The first kappa shape index (κ1) is 13.1. The Bertz CT molecular complexity index is 697. The van der Waals surface area contributed by atoms with Crippen LogP contribution in [0, 0.1) is 0 Å². The first-order valence-electron chi connectivity index (χ1n) is 6.32. The molecule has 0 spiro atoms. The van der Waals surface area contributed by atoms with Gasteiger partial charge in [0, 0.05) is 15.6 Å². The Morgan fingerprint density at radius 3 is 2.35 bits per heavy atom. The van der Waals surface area contributed by atoms with Crippen LogP contribution in [0.4, 0.5) is 0 Å². The third kappa shape index (κ3) is 2.06. The molecule has 4 heteroatoms. The topological polar surface area (TPSA) is 41.5 Å². The van der Waals surface area contributed by atoms with Crippen LogP contribution in [0.2, 0.25) is 0 Å². The van der Waals surface area contributed by atoms with Crippen LogP contribution < -0.4 is 5.32 Å². The van der Waals surface area contributed by atoms with Crippen LogP contribution >= 0.6 is 15.9 Å². The molecule has 0 fully saturated rings. The molecule has 1 N–H and O–H groups in total. The minimum absolute atomic E-state index is 0.131. The number of nitrogens with one attached hydrogen (secondary N) is 1. The Hall–Kier alpha value is -1.94. The van der Waals surface area contributed by atoms with Crippen LogP contribution in [-0.4, -0.2) is 11.6 Å². The number of hydrogen-bond acceptors (Lipinski definition) is 2. The fourth-order valence-electron chi connectivity index (χ4n) is 2.42. The molecule has 1 amide bonds. The van der Waals surface area contributed by atoms with Crippen molar-refractivity contribution >= 4 is 27.5 Å². The molecule has 20 heavy (non-hydrogen) atoms. The second-order valence-corrected chi connectivity index (χ2v) is 5.65. The number of nitrogens with zero attached hydrogens (tertiary/aromatic N) is 1. The van der Waals surface area contributed by atoms with Gasteiger partial charge in [0.25, 0.3) is 5.91 Å². The monoisotopic (exact) mass is 328 g/mol. The average Bonchev–Trinajstić information content (AvgIpc) is 2.77. The molecule has 1 atom stereocenters. The molecular weight excluding hydrogens is 316 g/mol. The standard InChI is InChI=1S/C16H13BrN2O/c1-11-15(20)19-16(18-11,12-6-3-2-4-7-12)13-8-5-9-14(17)10-13/h2-10H,1H3,(H,19,20)/t16-/m0/s1. The Kier molecular flexibility index (Phi) is 3.18. The zero-order chi connectivity index (χ0) is 14.2. The molecule has 3 rings (SSSR count). The van der Waals surface area contributed by atoms with E-state index >= 15 is 0 Å². The van der Waals surface area contributed by atoms with Gasteiger partial charge < -0.3 is 5.32 Å². The number of halogens is 1. The highest BCUT2D eigenvalue weighted by atomic mass is 79.9. The van der Waals surface area contributed by atoms with Gasteiger partial charge >= 0.3 is 0 Å². The predicted octanol–water partition coefficient (Wildman–Crippen LogP) is 3.24. The quantitative estimate of drug-likeness (QED) is 0.903. The summed E-state index contributed by atoms with van der Waals surface area (Å²) in [6, 6.07) is 17.7. The SMILES string of the molecule is CC1=N[C@](c2ccccc2)(c2cccc(Br)c2)NC1=O. The van der Waals surface area contributed by atoms with Gasteiger partial charge in [0.2, 0.25) is 0 Å². The number of carbonyl (C=O) groups is 1. The highest BCUT2D eigenvalue weighted by Gasteiger charge is 2.41. The Labute approximate surface area is 125 Å². The number of amides is 1. The maximum absolute atomic E-state index is 12.0. The van der Waals surface area contributed by atoms with Gasteiger partial charge in [-0.3, -0.25) is 4.79 Å². The van der Waals surface area contributed by atoms with Crippen LogP contribution in [0.15, 0.2) is 64.1 Å². The summed E-state index contributed by atoms with van der Waals surface area (Å²) >= 11 is 3.48. The van der Waals surface area contributed by atoms with Crippen molar-refractivity contribution in [2.75, 3.05) is 0 Å². The minimum atomic E-state index is -0.827. The molecule has 100 valence electrons. The van der Waals surface area contributed by atoms with Gasteiger partial charge in [-0.1, -0.05) is 58.4 Å². The van der Waals surface area contributed by atoms with Crippen molar-refractivity contribution in [1.29, 1.82) is 0 Å². The normalized spacial score (nSPS) is 21.5. The summed E-state index contributed by atoms with van der Waals surface area (Å²) in [6.07, 6.45) is 0. The van der Waals surface area contributed by atoms with Gasteiger partial charge in [-0.2, -0.15) is 0 Å². The van der Waals surface area contributed by atoms with Crippen molar-refractivity contribution in [2.24, 2.45) is 4.99 Å². The van der Waals surface area contributed by atoms with E-state index in [1.165, 1.54) is 0 Å². The second kappa shape index (κ2) is 4.87. The van der Waals surface area contributed by atoms with Crippen molar-refractivity contribution in [1.82, 2.24) is 5.32 Å². The predicted molar refractivity (Wildman–Crippen MR) is 82.6 cm³/mol. The maximum Gasteiger partial charge on any atom is 0.267 e. The Morgan fingerprint density at radius 2 is 1.75 bits per heavy atom. The molecule has 1 aliphatic rings. The molecule has 0 radical (unpaired) electrons. The van der Waals surface area contributed by atoms with E-state index < -0.39 is 5.66 Å². The number of hydrogen-bond donors (Lipinski definition) is 1. The molecule has 0 bridgehead atoms. The first-order chi connectivity index (χ1) is 9.62. The molecule has 0 unspecified atom stereocenters. The van der Waals surface area contributed by atoms with E-state index in [0.717, 1.165) is 15.6 Å². The van der Waals surface area contributed by atoms with Gasteiger partial charge in [0.05, 0.1) is 0 Å². The number of aliphatic imine (C=N–C) groups is 1. The van der Waals surface area contributed by atoms with Crippen molar-refractivity contribution in [3.8, 4) is 0 Å². The van der Waals surface area contributed by atoms with E-state index in [0.29, 0.717) is 5.71 Å². The molecule has 1 aliphatic heterocycles. The van der Waals surface area contributed by atoms with E-state index in [4.69, 9.17) is 0 Å². The van der Waals surface area contributed by atoms with Gasteiger partial charge in [-0.25, -0.2) is 4.99 Å². The van der Waals surface area contributed by atoms with Crippen LogP contribution in [0.25, 0.3) is 0 Å². The third-order valence-electron chi connectivity index (χ3n) is 3.39. The molecule has 0 saturated carbocycles. The molecule has 3 nitrogen and oxygen atoms in total. The van der Waals surface area contributed by atoms with Crippen molar-refractivity contribution in [3.05, 3.63) is 70.2 Å². The average molecular weight is 329 g/mol. The fraction of sp³-hybridized carbons (Fsp3) is 0.125. The number of rotatable bonds is 2. The van der Waals surface area contributed by atoms with E-state index in [-0.39, 0.29) is 5.91 Å². The van der Waals surface area contributed by atoms with E-state index in [2.05, 4.69) is 26.2 Å². The van der Waals surface area contributed by atoms with Crippen molar-refractivity contribution < 1.29 is 4.79 Å². The van der Waals surface area contributed by atoms with E-state index in [1.54, 1.807) is 6.92 Å². The lowest BCUT2D eigenvalue weighted by Gasteiger charge is -2.27. The molecule has 2 aromatic carbocycles. The van der Waals surface area contributed by atoms with Gasteiger partial charge in [0.1, 0.15) is 5.71 Å². The zero-order valence-electron chi connectivity index (χ0n) is 10.9. The van der Waals surface area contributed by atoms with Crippen LogP contribution in [-0.2, 0) is 10.5 Å². The van der Waals surface area contributed by atoms with Crippen molar-refractivity contribution in [3.63, 3.8) is 0 Å². The molecule has 0 aromatic heterocycles. The summed E-state index contributed by atoms with van der Waals surface area (Å²) in [5, 5.41) is 3.01. The largest absolute Gasteiger partial charge is 0.319 e. The summed E-state index contributed by atoms with van der Waals surface area (Å²) in [5.41, 5.74) is 1.55.